The van der Waals surface area contributed by atoms with Crippen LogP contribution in [0.15, 0.2) is 84.9 Å². The number of hydrogen-bond acceptors (Lipinski definition) is 3. The van der Waals surface area contributed by atoms with Crippen molar-refractivity contribution in [2.45, 2.75) is 18.9 Å². The number of nitrogens with one attached hydrogen (secondary N) is 1. The molecule has 1 N–H and O–H groups in total. The smallest absolute Gasteiger partial charge is 0.310 e. The predicted molar refractivity (Wildman–Crippen MR) is 109 cm³/mol. The van der Waals surface area contributed by atoms with Crippen LogP contribution in [-0.4, -0.2) is 18.5 Å². The van der Waals surface area contributed by atoms with Crippen molar-refractivity contribution in [3.63, 3.8) is 0 Å². The minimum atomic E-state index is -0.536. The highest BCUT2D eigenvalue weighted by molar-refractivity contribution is 5.81. The Morgan fingerprint density at radius 3 is 2.10 bits per heavy atom. The van der Waals surface area contributed by atoms with Crippen LogP contribution in [0, 0.1) is 5.82 Å². The lowest BCUT2D eigenvalue weighted by molar-refractivity contribution is -0.148. The number of halogens is 1. The van der Waals surface area contributed by atoms with Crippen molar-refractivity contribution < 1.29 is 18.7 Å². The van der Waals surface area contributed by atoms with Crippen molar-refractivity contribution in [3.8, 4) is 0 Å². The average molecular weight is 391 g/mol. The Morgan fingerprint density at radius 1 is 0.828 bits per heavy atom. The fourth-order valence-electron chi connectivity index (χ4n) is 2.99. The largest absolute Gasteiger partial charge is 0.455 e. The van der Waals surface area contributed by atoms with Crippen LogP contribution in [-0.2, 0) is 27.2 Å². The molecule has 0 unspecified atom stereocenters. The Kier molecular flexibility index (Phi) is 7.11. The first kappa shape index (κ1) is 20.3. The molecule has 1 atom stereocenters. The summed E-state index contributed by atoms with van der Waals surface area (Å²) < 4.78 is 18.0. The second-order valence-corrected chi connectivity index (χ2v) is 6.68. The van der Waals surface area contributed by atoms with E-state index in [1.54, 1.807) is 0 Å². The summed E-state index contributed by atoms with van der Waals surface area (Å²) in [6.45, 7) is -0.363. The molecule has 0 saturated heterocycles. The summed E-state index contributed by atoms with van der Waals surface area (Å²) in [5.41, 5.74) is 2.69. The van der Waals surface area contributed by atoms with Gasteiger partial charge in [0.1, 0.15) is 5.82 Å². The molecule has 3 rings (SSSR count). The van der Waals surface area contributed by atoms with Crippen molar-refractivity contribution in [2.75, 3.05) is 6.61 Å². The summed E-state index contributed by atoms with van der Waals surface area (Å²) >= 11 is 0. The van der Waals surface area contributed by atoms with E-state index in [1.807, 2.05) is 60.7 Å². The van der Waals surface area contributed by atoms with Crippen LogP contribution < -0.4 is 5.32 Å². The van der Waals surface area contributed by atoms with Gasteiger partial charge in [-0.2, -0.15) is 0 Å². The first-order valence-corrected chi connectivity index (χ1v) is 9.38. The third-order valence-corrected chi connectivity index (χ3v) is 4.45. The van der Waals surface area contributed by atoms with Crippen LogP contribution in [0.3, 0.4) is 0 Å². The van der Waals surface area contributed by atoms with E-state index < -0.39 is 5.97 Å². The number of carbonyl (C=O) groups excluding carboxylic acids is 2. The standard InChI is InChI=1S/C24H22FNO3/c25-21-13-11-19(12-14-21)16-24(28)29-17-23(27)26-22(20-9-5-2-6-10-20)15-18-7-3-1-4-8-18/h1-14,22H,15-17H2,(H,26,27)/t22-/m1/s1. The zero-order valence-electron chi connectivity index (χ0n) is 15.9. The highest BCUT2D eigenvalue weighted by atomic mass is 19.1. The third-order valence-electron chi connectivity index (χ3n) is 4.45. The molecule has 4 nitrogen and oxygen atoms in total. The number of carbonyl (C=O) groups is 2. The SMILES string of the molecule is O=C(COC(=O)Cc1ccc(F)cc1)N[C@H](Cc1ccccc1)c1ccccc1. The zero-order chi connectivity index (χ0) is 20.5. The molecule has 0 aromatic heterocycles. The molecule has 0 aliphatic heterocycles. The lowest BCUT2D eigenvalue weighted by Crippen LogP contribution is -2.33. The van der Waals surface area contributed by atoms with E-state index in [0.717, 1.165) is 11.1 Å². The molecule has 0 heterocycles. The van der Waals surface area contributed by atoms with Gasteiger partial charge in [-0.15, -0.1) is 0 Å². The number of ether oxygens (including phenoxy) is 1. The first-order chi connectivity index (χ1) is 14.1. The van der Waals surface area contributed by atoms with E-state index in [4.69, 9.17) is 4.74 Å². The molecule has 3 aromatic carbocycles. The highest BCUT2D eigenvalue weighted by Crippen LogP contribution is 2.18. The molecule has 0 radical (unpaired) electrons. The van der Waals surface area contributed by atoms with Gasteiger partial charge in [0.15, 0.2) is 6.61 Å². The van der Waals surface area contributed by atoms with E-state index in [9.17, 15) is 14.0 Å². The van der Waals surface area contributed by atoms with E-state index in [0.29, 0.717) is 12.0 Å². The quantitative estimate of drug-likeness (QED) is 0.591. The van der Waals surface area contributed by atoms with Crippen LogP contribution in [0.4, 0.5) is 4.39 Å². The molecule has 0 bridgehead atoms. The number of esters is 1. The molecule has 0 aliphatic rings. The van der Waals surface area contributed by atoms with Crippen molar-refractivity contribution in [3.05, 3.63) is 107 Å². The maximum absolute atomic E-state index is 12.9. The predicted octanol–water partition coefficient (Wildman–Crippen LogP) is 4.01. The van der Waals surface area contributed by atoms with Gasteiger partial charge >= 0.3 is 5.97 Å². The molecule has 1 amide bonds. The van der Waals surface area contributed by atoms with Crippen LogP contribution in [0.25, 0.3) is 0 Å². The lowest BCUT2D eigenvalue weighted by Gasteiger charge is -2.19. The van der Waals surface area contributed by atoms with Crippen LogP contribution in [0.5, 0.6) is 0 Å². The monoisotopic (exact) mass is 391 g/mol. The van der Waals surface area contributed by atoms with Gasteiger partial charge in [0, 0.05) is 0 Å². The zero-order valence-corrected chi connectivity index (χ0v) is 15.9. The van der Waals surface area contributed by atoms with Crippen molar-refractivity contribution >= 4 is 11.9 Å². The third kappa shape index (κ3) is 6.57. The molecule has 5 heteroatoms. The fraction of sp³-hybridized carbons (Fsp3) is 0.167. The Morgan fingerprint density at radius 2 is 1.45 bits per heavy atom. The van der Waals surface area contributed by atoms with Gasteiger partial charge < -0.3 is 10.1 Å². The van der Waals surface area contributed by atoms with Crippen LogP contribution >= 0.6 is 0 Å². The minimum absolute atomic E-state index is 0.0142. The Labute approximate surface area is 169 Å². The molecule has 148 valence electrons. The van der Waals surface area contributed by atoms with Crippen molar-refractivity contribution in [1.82, 2.24) is 5.32 Å². The molecule has 0 saturated carbocycles. The fourth-order valence-corrected chi connectivity index (χ4v) is 2.99. The number of amides is 1. The summed E-state index contributed by atoms with van der Waals surface area (Å²) in [7, 11) is 0. The second-order valence-electron chi connectivity index (χ2n) is 6.68. The Hall–Kier alpha value is -3.47. The van der Waals surface area contributed by atoms with Crippen molar-refractivity contribution in [2.24, 2.45) is 0 Å². The molecular formula is C24H22FNO3. The van der Waals surface area contributed by atoms with E-state index in [1.165, 1.54) is 24.3 Å². The summed E-state index contributed by atoms with van der Waals surface area (Å²) in [6, 6.07) is 24.9. The van der Waals surface area contributed by atoms with Gasteiger partial charge in [-0.05, 0) is 35.2 Å². The molecule has 0 spiro atoms. The summed E-state index contributed by atoms with van der Waals surface area (Å²) in [6.07, 6.45) is 0.611. The second kappa shape index (κ2) is 10.2. The van der Waals surface area contributed by atoms with Gasteiger partial charge in [0.05, 0.1) is 12.5 Å². The number of benzene rings is 3. The maximum Gasteiger partial charge on any atom is 0.310 e. The normalized spacial score (nSPS) is 11.5. The van der Waals surface area contributed by atoms with E-state index in [2.05, 4.69) is 5.32 Å². The highest BCUT2D eigenvalue weighted by Gasteiger charge is 2.16. The van der Waals surface area contributed by atoms with E-state index >= 15 is 0 Å². The van der Waals surface area contributed by atoms with Gasteiger partial charge in [-0.25, -0.2) is 4.39 Å². The first-order valence-electron chi connectivity index (χ1n) is 9.38. The summed E-state index contributed by atoms with van der Waals surface area (Å²) in [5.74, 6) is -1.28. The topological polar surface area (TPSA) is 55.4 Å². The average Bonchev–Trinajstić information content (AvgIpc) is 2.75. The van der Waals surface area contributed by atoms with Gasteiger partial charge in [0.2, 0.25) is 0 Å². The molecule has 3 aromatic rings. The lowest BCUT2D eigenvalue weighted by atomic mass is 9.99. The molecule has 0 aliphatic carbocycles. The molecular weight excluding hydrogens is 369 g/mol. The van der Waals surface area contributed by atoms with Gasteiger partial charge in [-0.1, -0.05) is 72.8 Å². The summed E-state index contributed by atoms with van der Waals surface area (Å²) in [4.78, 5) is 24.3. The number of hydrogen-bond donors (Lipinski definition) is 1. The maximum atomic E-state index is 12.9. The van der Waals surface area contributed by atoms with E-state index in [-0.39, 0.29) is 30.8 Å². The minimum Gasteiger partial charge on any atom is -0.455 e. The Balaban J connectivity index is 1.56. The summed E-state index contributed by atoms with van der Waals surface area (Å²) in [5, 5.41) is 2.94. The number of rotatable bonds is 8. The van der Waals surface area contributed by atoms with Crippen molar-refractivity contribution in [1.29, 1.82) is 0 Å². The molecule has 0 fully saturated rings. The Bertz CT molecular complexity index is 927. The molecule has 29 heavy (non-hydrogen) atoms. The van der Waals surface area contributed by atoms with Gasteiger partial charge in [-0.3, -0.25) is 9.59 Å². The van der Waals surface area contributed by atoms with Crippen LogP contribution in [0.1, 0.15) is 22.7 Å². The van der Waals surface area contributed by atoms with Crippen LogP contribution in [0.2, 0.25) is 0 Å². The van der Waals surface area contributed by atoms with Gasteiger partial charge in [0.25, 0.3) is 5.91 Å².